The topological polar surface area (TPSA) is 43.1 Å². The molecule has 9 heavy (non-hydrogen) atoms. The van der Waals surface area contributed by atoms with E-state index in [4.69, 9.17) is 0 Å². The number of hydrogen-bond donors (Lipinski definition) is 0. The summed E-state index contributed by atoms with van der Waals surface area (Å²) in [6.45, 7) is 0. The van der Waals surface area contributed by atoms with E-state index in [1.807, 2.05) is 0 Å². The second-order valence-electron chi connectivity index (χ2n) is 1.55. The predicted molar refractivity (Wildman–Crippen MR) is 29.6 cm³/mol. The SMILES string of the molecule is [c]1ccnc2ncnn12. The summed E-state index contributed by atoms with van der Waals surface area (Å²) < 4.78 is 1.49. The molecule has 4 heteroatoms. The molecule has 43 valence electrons. The second-order valence-corrected chi connectivity index (χ2v) is 1.55. The minimum Gasteiger partial charge on any atom is -0.220 e. The Morgan fingerprint density at radius 3 is 3.33 bits per heavy atom. The van der Waals surface area contributed by atoms with Gasteiger partial charge in [-0.2, -0.15) is 14.6 Å². The predicted octanol–water partition coefficient (Wildman–Crippen LogP) is -0.0755. The van der Waals surface area contributed by atoms with Crippen LogP contribution in [0.4, 0.5) is 0 Å². The van der Waals surface area contributed by atoms with E-state index in [0.29, 0.717) is 5.78 Å². The molecule has 0 aliphatic rings. The van der Waals surface area contributed by atoms with Crippen molar-refractivity contribution in [2.75, 3.05) is 0 Å². The van der Waals surface area contributed by atoms with Crippen molar-refractivity contribution in [2.45, 2.75) is 0 Å². The quantitative estimate of drug-likeness (QED) is 0.487. The van der Waals surface area contributed by atoms with E-state index in [2.05, 4.69) is 21.3 Å². The fourth-order valence-corrected chi connectivity index (χ4v) is 0.622. The van der Waals surface area contributed by atoms with Gasteiger partial charge in [-0.05, 0) is 6.07 Å². The van der Waals surface area contributed by atoms with Gasteiger partial charge in [0.05, 0.1) is 6.20 Å². The van der Waals surface area contributed by atoms with Crippen LogP contribution in [-0.4, -0.2) is 19.6 Å². The smallest absolute Gasteiger partial charge is 0.220 e. The summed E-state index contributed by atoms with van der Waals surface area (Å²) in [5, 5.41) is 3.81. The van der Waals surface area contributed by atoms with Crippen LogP contribution < -0.4 is 0 Å². The first-order valence-electron chi connectivity index (χ1n) is 2.49. The number of fused-ring (bicyclic) bond motifs is 1. The van der Waals surface area contributed by atoms with Gasteiger partial charge in [0.1, 0.15) is 6.33 Å². The first-order valence-corrected chi connectivity index (χ1v) is 2.49. The zero-order chi connectivity index (χ0) is 6.10. The number of rotatable bonds is 0. The van der Waals surface area contributed by atoms with Crippen molar-refractivity contribution < 1.29 is 0 Å². The fraction of sp³-hybridized carbons (Fsp3) is 0. The van der Waals surface area contributed by atoms with Crippen molar-refractivity contribution >= 4 is 5.78 Å². The molecule has 4 nitrogen and oxygen atoms in total. The Hall–Kier alpha value is -1.45. The van der Waals surface area contributed by atoms with Crippen LogP contribution in [0.2, 0.25) is 0 Å². The molecule has 0 unspecified atom stereocenters. The van der Waals surface area contributed by atoms with Gasteiger partial charge >= 0.3 is 0 Å². The highest BCUT2D eigenvalue weighted by atomic mass is 15.3. The summed E-state index contributed by atoms with van der Waals surface area (Å²) in [5.74, 6) is 0.581. The van der Waals surface area contributed by atoms with Gasteiger partial charge < -0.3 is 0 Å². The third-order valence-electron chi connectivity index (χ3n) is 0.991. The van der Waals surface area contributed by atoms with E-state index in [0.717, 1.165) is 0 Å². The van der Waals surface area contributed by atoms with Crippen molar-refractivity contribution in [3.05, 3.63) is 24.8 Å². The monoisotopic (exact) mass is 119 g/mol. The highest BCUT2D eigenvalue weighted by molar-refractivity contribution is 5.21. The zero-order valence-electron chi connectivity index (χ0n) is 4.52. The summed E-state index contributed by atoms with van der Waals surface area (Å²) in [7, 11) is 0. The number of nitrogens with zero attached hydrogens (tertiary/aromatic N) is 4. The summed E-state index contributed by atoms with van der Waals surface area (Å²) in [6.07, 6.45) is 5.88. The Balaban J connectivity index is 2.95. The molecule has 2 heterocycles. The highest BCUT2D eigenvalue weighted by Gasteiger charge is 1.89. The molecule has 0 saturated carbocycles. The largest absolute Gasteiger partial charge is 0.252 e. The standard InChI is InChI=1S/C5H3N4/c1-2-6-5-7-4-8-9(5)3-1/h1-2,4H. The van der Waals surface area contributed by atoms with Gasteiger partial charge in [-0.1, -0.05) is 0 Å². The van der Waals surface area contributed by atoms with E-state index in [1.165, 1.54) is 10.8 Å². The van der Waals surface area contributed by atoms with Crippen LogP contribution in [0, 0.1) is 6.20 Å². The van der Waals surface area contributed by atoms with Gasteiger partial charge in [-0.25, -0.2) is 4.98 Å². The maximum absolute atomic E-state index is 3.90. The Labute approximate surface area is 51.2 Å². The molecular weight excluding hydrogens is 116 g/mol. The van der Waals surface area contributed by atoms with Crippen LogP contribution in [0.5, 0.6) is 0 Å². The lowest BCUT2D eigenvalue weighted by atomic mass is 10.7. The van der Waals surface area contributed by atoms with E-state index in [1.54, 1.807) is 12.3 Å². The van der Waals surface area contributed by atoms with E-state index < -0.39 is 0 Å². The molecule has 0 amide bonds. The van der Waals surface area contributed by atoms with Gasteiger partial charge in [0, 0.05) is 6.20 Å². The lowest BCUT2D eigenvalue weighted by Gasteiger charge is -1.82. The summed E-state index contributed by atoms with van der Waals surface area (Å²) in [6, 6.07) is 1.68. The Bertz CT molecular complexity index is 283. The molecule has 2 aromatic rings. The van der Waals surface area contributed by atoms with Crippen LogP contribution in [0.1, 0.15) is 0 Å². The first kappa shape index (κ1) is 4.43. The van der Waals surface area contributed by atoms with Crippen molar-refractivity contribution in [1.29, 1.82) is 0 Å². The van der Waals surface area contributed by atoms with E-state index >= 15 is 0 Å². The third-order valence-corrected chi connectivity index (χ3v) is 0.991. The molecule has 0 bridgehead atoms. The number of hydrogen-bond acceptors (Lipinski definition) is 3. The van der Waals surface area contributed by atoms with Gasteiger partial charge in [0.15, 0.2) is 0 Å². The molecule has 0 fully saturated rings. The van der Waals surface area contributed by atoms with Gasteiger partial charge in [-0.15, -0.1) is 0 Å². The summed E-state index contributed by atoms with van der Waals surface area (Å²) in [5.41, 5.74) is 0. The maximum Gasteiger partial charge on any atom is 0.252 e. The zero-order valence-corrected chi connectivity index (χ0v) is 4.52. The van der Waals surface area contributed by atoms with Gasteiger partial charge in [0.2, 0.25) is 0 Å². The summed E-state index contributed by atoms with van der Waals surface area (Å²) >= 11 is 0. The average Bonchev–Trinajstić information content (AvgIpc) is 2.33. The molecule has 0 atom stereocenters. The molecule has 0 N–H and O–H groups in total. The molecule has 1 radical (unpaired) electrons. The van der Waals surface area contributed by atoms with Crippen LogP contribution >= 0.6 is 0 Å². The maximum atomic E-state index is 3.90. The van der Waals surface area contributed by atoms with Crippen molar-refractivity contribution in [3.63, 3.8) is 0 Å². The van der Waals surface area contributed by atoms with Crippen LogP contribution in [0.15, 0.2) is 18.6 Å². The van der Waals surface area contributed by atoms with Crippen molar-refractivity contribution in [1.82, 2.24) is 19.6 Å². The Morgan fingerprint density at radius 2 is 2.44 bits per heavy atom. The molecule has 2 rings (SSSR count). The van der Waals surface area contributed by atoms with Crippen LogP contribution in [0.3, 0.4) is 0 Å². The molecule has 0 aromatic carbocycles. The highest BCUT2D eigenvalue weighted by Crippen LogP contribution is 1.87. The van der Waals surface area contributed by atoms with Gasteiger partial charge in [-0.3, -0.25) is 0 Å². The lowest BCUT2D eigenvalue weighted by Crippen LogP contribution is -1.87. The van der Waals surface area contributed by atoms with Crippen LogP contribution in [0.25, 0.3) is 5.78 Å². The van der Waals surface area contributed by atoms with Crippen molar-refractivity contribution in [3.8, 4) is 0 Å². The molecule has 0 spiro atoms. The van der Waals surface area contributed by atoms with Crippen LogP contribution in [-0.2, 0) is 0 Å². The van der Waals surface area contributed by atoms with Gasteiger partial charge in [0.25, 0.3) is 5.78 Å². The number of aromatic nitrogens is 4. The minimum absolute atomic E-state index is 0.581. The normalized spacial score (nSPS) is 10.2. The molecular formula is C5H3N4. The molecule has 0 aliphatic carbocycles. The third kappa shape index (κ3) is 0.561. The van der Waals surface area contributed by atoms with E-state index in [-0.39, 0.29) is 0 Å². The second kappa shape index (κ2) is 1.51. The molecule has 0 saturated heterocycles. The molecule has 0 aliphatic heterocycles. The lowest BCUT2D eigenvalue weighted by molar-refractivity contribution is 0.930. The fourth-order valence-electron chi connectivity index (χ4n) is 0.622. The van der Waals surface area contributed by atoms with Crippen molar-refractivity contribution in [2.24, 2.45) is 0 Å². The average molecular weight is 119 g/mol. The Morgan fingerprint density at radius 1 is 1.44 bits per heavy atom. The first-order chi connectivity index (χ1) is 4.47. The summed E-state index contributed by atoms with van der Waals surface area (Å²) in [4.78, 5) is 7.73. The minimum atomic E-state index is 0.581. The Kier molecular flexibility index (Phi) is 0.745. The molecule has 2 aromatic heterocycles. The van der Waals surface area contributed by atoms with E-state index in [9.17, 15) is 0 Å².